The lowest BCUT2D eigenvalue weighted by molar-refractivity contribution is -0.0143. The zero-order valence-electron chi connectivity index (χ0n) is 17.4. The van der Waals surface area contributed by atoms with Crippen molar-refractivity contribution in [3.05, 3.63) is 71.8 Å². The van der Waals surface area contributed by atoms with Gasteiger partial charge < -0.3 is 14.7 Å². The van der Waals surface area contributed by atoms with Crippen LogP contribution in [0.2, 0.25) is 0 Å². The fourth-order valence-corrected chi connectivity index (χ4v) is 4.70. The fourth-order valence-electron chi connectivity index (χ4n) is 4.43. The lowest BCUT2D eigenvalue weighted by Crippen LogP contribution is -2.44. The zero-order valence-corrected chi connectivity index (χ0v) is 18.2. The minimum Gasteiger partial charge on any atom is -0.487 e. The molecule has 1 aliphatic rings. The molecule has 29 heavy (non-hydrogen) atoms. The van der Waals surface area contributed by atoms with E-state index in [1.54, 1.807) is 0 Å². The topological polar surface area (TPSA) is 32.7 Å². The predicted molar refractivity (Wildman–Crippen MR) is 123 cm³/mol. The average Bonchev–Trinajstić information content (AvgIpc) is 2.78. The Bertz CT molecular complexity index is 702. The molecule has 156 valence electrons. The summed E-state index contributed by atoms with van der Waals surface area (Å²) in [5.74, 6) is 0.217. The van der Waals surface area contributed by atoms with E-state index in [1.165, 1.54) is 0 Å². The zero-order chi connectivity index (χ0) is 20.5. The van der Waals surface area contributed by atoms with Crippen LogP contribution in [0, 0.1) is 5.92 Å². The highest BCUT2D eigenvalue weighted by Crippen LogP contribution is 2.41. The Morgan fingerprint density at radius 1 is 1.00 bits per heavy atom. The molecule has 0 saturated carbocycles. The third-order valence-electron chi connectivity index (χ3n) is 6.02. The van der Waals surface area contributed by atoms with Gasteiger partial charge in [-0.2, -0.15) is 0 Å². The summed E-state index contributed by atoms with van der Waals surface area (Å²) in [5, 5.41) is 12.7. The molecule has 0 bridgehead atoms. The Balaban J connectivity index is 1.59. The van der Waals surface area contributed by atoms with E-state index >= 15 is 0 Å². The van der Waals surface area contributed by atoms with Crippen LogP contribution in [0.5, 0.6) is 0 Å². The van der Waals surface area contributed by atoms with E-state index in [0.29, 0.717) is 6.61 Å². The molecular weight excluding hydrogens is 378 g/mol. The fraction of sp³-hybridized carbons (Fsp3) is 0.480. The smallest absolute Gasteiger partial charge is 0.159 e. The number of benzene rings is 2. The van der Waals surface area contributed by atoms with E-state index in [-0.39, 0.29) is 5.92 Å². The van der Waals surface area contributed by atoms with Crippen molar-refractivity contribution in [1.82, 2.24) is 4.90 Å². The first-order valence-corrected chi connectivity index (χ1v) is 11.3. The van der Waals surface area contributed by atoms with Crippen molar-refractivity contribution in [2.24, 2.45) is 5.92 Å². The van der Waals surface area contributed by atoms with Gasteiger partial charge in [0.15, 0.2) is 5.05 Å². The van der Waals surface area contributed by atoms with Gasteiger partial charge in [0.1, 0.15) is 5.60 Å². The first kappa shape index (κ1) is 21.9. The minimum absolute atomic E-state index is 0.217. The largest absolute Gasteiger partial charge is 0.487 e. The van der Waals surface area contributed by atoms with Crippen molar-refractivity contribution in [1.29, 1.82) is 0 Å². The highest BCUT2D eigenvalue weighted by molar-refractivity contribution is 7.80. The third-order valence-corrected chi connectivity index (χ3v) is 6.34. The molecule has 3 rings (SSSR count). The predicted octanol–water partition coefficient (Wildman–Crippen LogP) is 5.17. The molecule has 0 amide bonds. The SMILES string of the molecule is CCOC(=S)CCCCN1CCC(C(O)(c2ccccc2)c2ccccc2)CC1. The third kappa shape index (κ3) is 5.65. The van der Waals surface area contributed by atoms with Crippen LogP contribution in [0.4, 0.5) is 0 Å². The number of aliphatic hydroxyl groups is 1. The molecule has 0 aromatic heterocycles. The number of ether oxygens (including phenoxy) is 1. The summed E-state index contributed by atoms with van der Waals surface area (Å²) in [6, 6.07) is 20.3. The van der Waals surface area contributed by atoms with Crippen LogP contribution in [0.25, 0.3) is 0 Å². The van der Waals surface area contributed by atoms with Gasteiger partial charge in [0.25, 0.3) is 0 Å². The molecule has 0 unspecified atom stereocenters. The van der Waals surface area contributed by atoms with Crippen molar-refractivity contribution in [3.63, 3.8) is 0 Å². The van der Waals surface area contributed by atoms with Crippen LogP contribution in [0.1, 0.15) is 50.2 Å². The molecule has 1 N–H and O–H groups in total. The van der Waals surface area contributed by atoms with Crippen LogP contribution in [-0.2, 0) is 10.3 Å². The minimum atomic E-state index is -0.932. The second kappa shape index (κ2) is 10.9. The summed E-state index contributed by atoms with van der Waals surface area (Å²) < 4.78 is 5.36. The van der Waals surface area contributed by atoms with Gasteiger partial charge in [-0.05, 0) is 81.5 Å². The molecule has 0 radical (unpaired) electrons. The van der Waals surface area contributed by atoms with Crippen molar-refractivity contribution >= 4 is 17.3 Å². The van der Waals surface area contributed by atoms with E-state index in [2.05, 4.69) is 29.2 Å². The number of thiocarbonyl (C=S) groups is 1. The molecule has 0 atom stereocenters. The van der Waals surface area contributed by atoms with E-state index in [0.717, 1.165) is 67.9 Å². The van der Waals surface area contributed by atoms with E-state index in [1.807, 2.05) is 43.3 Å². The molecule has 4 heteroatoms. The van der Waals surface area contributed by atoms with Gasteiger partial charge in [0.2, 0.25) is 0 Å². The number of rotatable bonds is 9. The van der Waals surface area contributed by atoms with Crippen molar-refractivity contribution in [2.45, 2.75) is 44.6 Å². The molecule has 2 aromatic carbocycles. The Hall–Kier alpha value is -1.75. The monoisotopic (exact) mass is 411 g/mol. The van der Waals surface area contributed by atoms with Gasteiger partial charge in [0.05, 0.1) is 6.61 Å². The average molecular weight is 412 g/mol. The Morgan fingerprint density at radius 3 is 2.07 bits per heavy atom. The van der Waals surface area contributed by atoms with Crippen LogP contribution in [0.3, 0.4) is 0 Å². The summed E-state index contributed by atoms with van der Waals surface area (Å²) in [4.78, 5) is 2.52. The molecule has 1 fully saturated rings. The number of piperidine rings is 1. The first-order chi connectivity index (χ1) is 14.1. The molecular formula is C25H33NO2S. The Morgan fingerprint density at radius 2 is 1.55 bits per heavy atom. The van der Waals surface area contributed by atoms with E-state index in [4.69, 9.17) is 17.0 Å². The van der Waals surface area contributed by atoms with Gasteiger partial charge in [-0.3, -0.25) is 0 Å². The summed E-state index contributed by atoms with van der Waals surface area (Å²) in [7, 11) is 0. The Labute approximate surface area is 180 Å². The van der Waals surface area contributed by atoms with Gasteiger partial charge in [-0.1, -0.05) is 60.7 Å². The second-order valence-corrected chi connectivity index (χ2v) is 8.33. The maximum atomic E-state index is 11.9. The lowest BCUT2D eigenvalue weighted by Gasteiger charge is -2.42. The maximum absolute atomic E-state index is 11.9. The second-order valence-electron chi connectivity index (χ2n) is 7.88. The summed E-state index contributed by atoms with van der Waals surface area (Å²) in [6.07, 6.45) is 5.09. The normalized spacial score (nSPS) is 15.9. The van der Waals surface area contributed by atoms with Crippen LogP contribution in [-0.4, -0.2) is 41.3 Å². The molecule has 1 heterocycles. The molecule has 3 nitrogen and oxygen atoms in total. The van der Waals surface area contributed by atoms with Crippen molar-refractivity contribution in [2.75, 3.05) is 26.2 Å². The quantitative estimate of drug-likeness (QED) is 0.456. The van der Waals surface area contributed by atoms with Crippen LogP contribution in [0.15, 0.2) is 60.7 Å². The summed E-state index contributed by atoms with van der Waals surface area (Å²) >= 11 is 5.21. The molecule has 2 aromatic rings. The maximum Gasteiger partial charge on any atom is 0.159 e. The number of likely N-dealkylation sites (tertiary alicyclic amines) is 1. The van der Waals surface area contributed by atoms with Gasteiger partial charge >= 0.3 is 0 Å². The number of hydrogen-bond acceptors (Lipinski definition) is 4. The van der Waals surface area contributed by atoms with Gasteiger partial charge in [0, 0.05) is 6.42 Å². The molecule has 0 aliphatic carbocycles. The first-order valence-electron chi connectivity index (χ1n) is 10.9. The highest BCUT2D eigenvalue weighted by atomic mass is 32.1. The summed E-state index contributed by atoms with van der Waals surface area (Å²) in [6.45, 7) is 5.79. The van der Waals surface area contributed by atoms with Crippen LogP contribution < -0.4 is 0 Å². The number of nitrogens with zero attached hydrogens (tertiary/aromatic N) is 1. The van der Waals surface area contributed by atoms with E-state index in [9.17, 15) is 5.11 Å². The van der Waals surface area contributed by atoms with Crippen LogP contribution >= 0.6 is 12.2 Å². The molecule has 1 aliphatic heterocycles. The summed E-state index contributed by atoms with van der Waals surface area (Å²) in [5.41, 5.74) is 1.06. The highest BCUT2D eigenvalue weighted by Gasteiger charge is 2.41. The Kier molecular flexibility index (Phi) is 8.22. The van der Waals surface area contributed by atoms with Crippen molar-refractivity contribution < 1.29 is 9.84 Å². The van der Waals surface area contributed by atoms with E-state index < -0.39 is 5.60 Å². The number of hydrogen-bond donors (Lipinski definition) is 1. The standard InChI is InChI=1S/C25H33NO2S/c1-2-28-24(29)15-9-10-18-26-19-16-23(17-20-26)25(27,21-11-5-3-6-12-21)22-13-7-4-8-14-22/h3-8,11-14,23,27H,2,9-10,15-20H2,1H3. The van der Waals surface area contributed by atoms with Crippen molar-refractivity contribution in [3.8, 4) is 0 Å². The molecule has 1 saturated heterocycles. The molecule has 0 spiro atoms. The lowest BCUT2D eigenvalue weighted by atomic mass is 9.72. The van der Waals surface area contributed by atoms with Gasteiger partial charge in [-0.25, -0.2) is 0 Å². The number of unbranched alkanes of at least 4 members (excludes halogenated alkanes) is 1. The van der Waals surface area contributed by atoms with Gasteiger partial charge in [-0.15, -0.1) is 0 Å².